The van der Waals surface area contributed by atoms with E-state index >= 15 is 0 Å². The summed E-state index contributed by atoms with van der Waals surface area (Å²) in [5.74, 6) is -0.0296. The van der Waals surface area contributed by atoms with Crippen LogP contribution in [0.15, 0.2) is 35.0 Å². The van der Waals surface area contributed by atoms with Crippen LogP contribution >= 0.6 is 0 Å². The van der Waals surface area contributed by atoms with Crippen LogP contribution in [0.25, 0.3) is 0 Å². The molecule has 0 aromatic heterocycles. The quantitative estimate of drug-likeness (QED) is 0.719. The van der Waals surface area contributed by atoms with Gasteiger partial charge in [0.25, 0.3) is 0 Å². The number of nitrogens with zero attached hydrogens (tertiary/aromatic N) is 1. The first kappa shape index (κ1) is 19.6. The summed E-state index contributed by atoms with van der Waals surface area (Å²) in [6, 6.07) is 6.23. The van der Waals surface area contributed by atoms with Gasteiger partial charge in [-0.15, -0.1) is 0 Å². The van der Waals surface area contributed by atoms with Gasteiger partial charge in [-0.25, -0.2) is 0 Å². The third kappa shape index (κ3) is 5.84. The molecule has 118 valence electrons. The van der Waals surface area contributed by atoms with E-state index in [-0.39, 0.29) is 12.5 Å². The van der Waals surface area contributed by atoms with Crippen LogP contribution in [0.3, 0.4) is 0 Å². The van der Waals surface area contributed by atoms with Crippen molar-refractivity contribution in [3.63, 3.8) is 0 Å². The molecule has 0 bridgehead atoms. The summed E-state index contributed by atoms with van der Waals surface area (Å²) in [5.41, 5.74) is 4.62. The molecule has 1 aromatic rings. The van der Waals surface area contributed by atoms with Crippen LogP contribution < -0.4 is 0 Å². The molecule has 0 amide bonds. The molecular weight excluding hydrogens is 258 g/mol. The summed E-state index contributed by atoms with van der Waals surface area (Å²) in [6.45, 7) is 12.4. The van der Waals surface area contributed by atoms with E-state index in [0.29, 0.717) is 0 Å². The van der Waals surface area contributed by atoms with Gasteiger partial charge < -0.3 is 5.11 Å². The van der Waals surface area contributed by atoms with Gasteiger partial charge in [-0.2, -0.15) is 0 Å². The van der Waals surface area contributed by atoms with Gasteiger partial charge in [-0.3, -0.25) is 4.99 Å². The van der Waals surface area contributed by atoms with Gasteiger partial charge in [0.1, 0.15) is 0 Å². The second-order valence-corrected chi connectivity index (χ2v) is 4.84. The number of aliphatic imine (C=N–C) groups is 1. The summed E-state index contributed by atoms with van der Waals surface area (Å²) >= 11 is 0. The molecule has 0 saturated carbocycles. The molecule has 1 rings (SSSR count). The Morgan fingerprint density at radius 3 is 2.48 bits per heavy atom. The fraction of sp³-hybridized carbons (Fsp3) is 0.526. The maximum Gasteiger partial charge on any atom is 0.0555 e. The maximum absolute atomic E-state index is 9.74. The van der Waals surface area contributed by atoms with E-state index in [2.05, 4.69) is 37.9 Å². The lowest BCUT2D eigenvalue weighted by molar-refractivity contribution is 0.278. The first-order valence-electron chi connectivity index (χ1n) is 8.01. The van der Waals surface area contributed by atoms with E-state index in [9.17, 15) is 5.11 Å². The molecule has 1 aromatic carbocycles. The summed E-state index contributed by atoms with van der Waals surface area (Å²) < 4.78 is 0. The molecule has 0 aliphatic rings. The Balaban J connectivity index is 0.00000191. The highest BCUT2D eigenvalue weighted by Gasteiger charge is 2.17. The molecule has 0 heterocycles. The molecule has 0 spiro atoms. The van der Waals surface area contributed by atoms with Crippen LogP contribution in [-0.4, -0.2) is 17.9 Å². The summed E-state index contributed by atoms with van der Waals surface area (Å²) in [6.07, 6.45) is 6.01. The standard InChI is InChI=1S/C17H25NO.C2H6/c1-5-7-11-18-17(6-2)16(12-19)15-10-8-9-13(3)14(15)4;1-2/h6,8-11,16,19H,5,7,12H2,1-4H3;1-2H3/b17-6-,18-11?;. The third-order valence-electron chi connectivity index (χ3n) is 3.52. The Hall–Kier alpha value is -1.41. The fourth-order valence-corrected chi connectivity index (χ4v) is 2.17. The predicted molar refractivity (Wildman–Crippen MR) is 94.2 cm³/mol. The van der Waals surface area contributed by atoms with Crippen molar-refractivity contribution in [2.45, 2.75) is 60.3 Å². The van der Waals surface area contributed by atoms with Crippen molar-refractivity contribution in [2.75, 3.05) is 6.61 Å². The monoisotopic (exact) mass is 289 g/mol. The number of hydrogen-bond acceptors (Lipinski definition) is 2. The van der Waals surface area contributed by atoms with E-state index in [1.807, 2.05) is 39.1 Å². The average Bonchev–Trinajstić information content (AvgIpc) is 2.52. The Morgan fingerprint density at radius 1 is 1.29 bits per heavy atom. The van der Waals surface area contributed by atoms with Crippen molar-refractivity contribution in [2.24, 2.45) is 4.99 Å². The summed E-state index contributed by atoms with van der Waals surface area (Å²) in [7, 11) is 0. The molecule has 0 saturated heterocycles. The number of aliphatic hydroxyl groups excluding tert-OH is 1. The van der Waals surface area contributed by atoms with Crippen LogP contribution in [0.5, 0.6) is 0 Å². The molecule has 1 N–H and O–H groups in total. The average molecular weight is 289 g/mol. The second-order valence-electron chi connectivity index (χ2n) is 4.84. The number of benzene rings is 1. The molecule has 0 fully saturated rings. The number of aliphatic hydroxyl groups is 1. The van der Waals surface area contributed by atoms with Crippen molar-refractivity contribution in [3.8, 4) is 0 Å². The van der Waals surface area contributed by atoms with Crippen molar-refractivity contribution in [1.82, 2.24) is 0 Å². The minimum atomic E-state index is -0.0296. The van der Waals surface area contributed by atoms with Crippen molar-refractivity contribution >= 4 is 6.21 Å². The molecule has 0 aliphatic carbocycles. The number of unbranched alkanes of at least 4 members (excludes halogenated alkanes) is 1. The van der Waals surface area contributed by atoms with Crippen LogP contribution in [0, 0.1) is 13.8 Å². The smallest absolute Gasteiger partial charge is 0.0555 e. The second kappa shape index (κ2) is 11.3. The molecule has 1 unspecified atom stereocenters. The van der Waals surface area contributed by atoms with E-state index in [1.165, 1.54) is 16.7 Å². The van der Waals surface area contributed by atoms with Crippen molar-refractivity contribution in [1.29, 1.82) is 0 Å². The number of aryl methyl sites for hydroxylation is 1. The predicted octanol–water partition coefficient (Wildman–Crippen LogP) is 5.18. The molecular formula is C19H31NO. The highest BCUT2D eigenvalue weighted by atomic mass is 16.3. The molecule has 2 nitrogen and oxygen atoms in total. The van der Waals surface area contributed by atoms with Gasteiger partial charge >= 0.3 is 0 Å². The Morgan fingerprint density at radius 2 is 1.95 bits per heavy atom. The SMILES string of the molecule is C/C=C(\N=CCCC)C(CO)c1cccc(C)c1C.CC. The van der Waals surface area contributed by atoms with Gasteiger partial charge in [0.05, 0.1) is 6.61 Å². The first-order chi connectivity index (χ1) is 10.2. The Bertz CT molecular complexity index is 461. The molecule has 1 atom stereocenters. The number of rotatable bonds is 6. The Labute approximate surface area is 130 Å². The topological polar surface area (TPSA) is 32.6 Å². The highest BCUT2D eigenvalue weighted by molar-refractivity contribution is 5.59. The van der Waals surface area contributed by atoms with E-state index < -0.39 is 0 Å². The third-order valence-corrected chi connectivity index (χ3v) is 3.52. The van der Waals surface area contributed by atoms with Gasteiger partial charge in [0.2, 0.25) is 0 Å². The zero-order valence-corrected chi connectivity index (χ0v) is 14.5. The van der Waals surface area contributed by atoms with Crippen LogP contribution in [-0.2, 0) is 0 Å². The summed E-state index contributed by atoms with van der Waals surface area (Å²) in [4.78, 5) is 4.53. The lowest BCUT2D eigenvalue weighted by atomic mass is 9.90. The maximum atomic E-state index is 9.74. The first-order valence-corrected chi connectivity index (χ1v) is 8.01. The Kier molecular flexibility index (Phi) is 10.5. The van der Waals surface area contributed by atoms with E-state index in [1.54, 1.807) is 0 Å². The minimum Gasteiger partial charge on any atom is -0.395 e. The van der Waals surface area contributed by atoms with Crippen molar-refractivity contribution in [3.05, 3.63) is 46.7 Å². The van der Waals surface area contributed by atoms with E-state index in [0.717, 1.165) is 18.5 Å². The lowest BCUT2D eigenvalue weighted by Crippen LogP contribution is -2.09. The van der Waals surface area contributed by atoms with Gasteiger partial charge in [-0.05, 0) is 43.9 Å². The molecule has 2 heteroatoms. The van der Waals surface area contributed by atoms with Gasteiger partial charge in [-0.1, -0.05) is 51.5 Å². The highest BCUT2D eigenvalue weighted by Crippen LogP contribution is 2.28. The zero-order valence-electron chi connectivity index (χ0n) is 14.5. The fourth-order valence-electron chi connectivity index (χ4n) is 2.17. The van der Waals surface area contributed by atoms with Crippen LogP contribution in [0.2, 0.25) is 0 Å². The molecule has 0 aliphatic heterocycles. The van der Waals surface area contributed by atoms with E-state index in [4.69, 9.17) is 0 Å². The molecule has 21 heavy (non-hydrogen) atoms. The summed E-state index contributed by atoms with van der Waals surface area (Å²) in [5, 5.41) is 9.74. The minimum absolute atomic E-state index is 0.0296. The van der Waals surface area contributed by atoms with Gasteiger partial charge in [0.15, 0.2) is 0 Å². The van der Waals surface area contributed by atoms with Crippen molar-refractivity contribution < 1.29 is 5.11 Å². The largest absolute Gasteiger partial charge is 0.395 e. The van der Waals surface area contributed by atoms with Crippen LogP contribution in [0.4, 0.5) is 0 Å². The van der Waals surface area contributed by atoms with Crippen LogP contribution in [0.1, 0.15) is 63.1 Å². The molecule has 0 radical (unpaired) electrons. The van der Waals surface area contributed by atoms with Gasteiger partial charge in [0, 0.05) is 17.8 Å². The zero-order chi connectivity index (χ0) is 16.3. The lowest BCUT2D eigenvalue weighted by Gasteiger charge is -2.19. The number of allylic oxidation sites excluding steroid dienone is 1. The normalized spacial score (nSPS) is 13.0. The number of hydrogen-bond donors (Lipinski definition) is 1.